The fraction of sp³-hybridized carbons (Fsp3) is 0.378. The Labute approximate surface area is 621 Å². The van der Waals surface area contributed by atoms with Crippen molar-refractivity contribution < 1.29 is 13.9 Å². The molecule has 3 fully saturated rings. The van der Waals surface area contributed by atoms with Gasteiger partial charge in [-0.2, -0.15) is 35.7 Å². The Morgan fingerprint density at radius 2 is 0.832 bits per heavy atom. The maximum absolute atomic E-state index is 5.71. The molecule has 0 unspecified atom stereocenters. The molecule has 7 N–H and O–H groups in total. The van der Waals surface area contributed by atoms with Gasteiger partial charge in [-0.1, -0.05) is 89.1 Å². The maximum atomic E-state index is 5.71. The predicted molar refractivity (Wildman–Crippen MR) is 419 cm³/mol. The lowest BCUT2D eigenvalue weighted by Crippen LogP contribution is -2.10. The van der Waals surface area contributed by atoms with Gasteiger partial charge in [0.05, 0.1) is 97.0 Å². The molecule has 16 aromatic rings. The van der Waals surface area contributed by atoms with E-state index in [1.807, 2.05) is 108 Å². The van der Waals surface area contributed by atoms with Crippen molar-refractivity contribution in [2.45, 2.75) is 171 Å². The summed E-state index contributed by atoms with van der Waals surface area (Å²) in [5, 5.41) is 58.3. The van der Waals surface area contributed by atoms with E-state index in [-0.39, 0.29) is 0 Å². The average molecular weight is 1440 g/mol. The zero-order chi connectivity index (χ0) is 74.2. The summed E-state index contributed by atoms with van der Waals surface area (Å²) in [4.78, 5) is 34.8. The number of ether oxygens (including phenoxy) is 2. The highest BCUT2D eigenvalue weighted by Gasteiger charge is 2.25. The molecule has 0 atom stereocenters. The third-order valence-corrected chi connectivity index (χ3v) is 19.9. The van der Waals surface area contributed by atoms with Gasteiger partial charge in [-0.25, -0.2) is 15.0 Å². The van der Waals surface area contributed by atoms with Gasteiger partial charge in [0, 0.05) is 117 Å². The first-order valence-electron chi connectivity index (χ1n) is 37.5. The van der Waals surface area contributed by atoms with Crippen molar-refractivity contribution in [2.75, 3.05) is 13.2 Å². The summed E-state index contributed by atoms with van der Waals surface area (Å²) >= 11 is 0. The van der Waals surface area contributed by atoms with Crippen LogP contribution >= 0.6 is 0 Å². The van der Waals surface area contributed by atoms with Crippen LogP contribution in [0.15, 0.2) is 133 Å². The van der Waals surface area contributed by atoms with E-state index in [1.54, 1.807) is 24.8 Å². The lowest BCUT2D eigenvalue weighted by atomic mass is 9.85. The summed E-state index contributed by atoms with van der Waals surface area (Å²) in [6.07, 6.45) is 34.7. The summed E-state index contributed by atoms with van der Waals surface area (Å²) in [6, 6.07) is 23.9. The number of aryl methyl sites for hydroxylation is 8. The number of pyridine rings is 7. The van der Waals surface area contributed by atoms with Crippen LogP contribution in [0.25, 0.3) is 87.9 Å². The smallest absolute Gasteiger partial charge is 0.245 e. The molecule has 552 valence electrons. The average Bonchev–Trinajstić information content (AvgIpc) is 1.80. The number of hydrogen-bond acceptors (Lipinski definition) is 18. The fourth-order valence-corrected chi connectivity index (χ4v) is 14.2. The van der Waals surface area contributed by atoms with E-state index in [4.69, 9.17) is 13.9 Å². The first-order valence-corrected chi connectivity index (χ1v) is 37.5. The van der Waals surface area contributed by atoms with Crippen LogP contribution < -0.4 is 9.47 Å². The third-order valence-electron chi connectivity index (χ3n) is 19.9. The number of rotatable bonds is 14. The molecule has 19 rings (SSSR count). The normalized spacial score (nSPS) is 13.7. The van der Waals surface area contributed by atoms with E-state index in [2.05, 4.69) is 170 Å². The van der Waals surface area contributed by atoms with Crippen LogP contribution in [0.3, 0.4) is 0 Å². The number of nitrogens with zero attached hydrogens (tertiary/aromatic N) is 15. The van der Waals surface area contributed by atoms with Crippen LogP contribution in [-0.2, 0) is 19.3 Å². The van der Waals surface area contributed by atoms with Crippen molar-refractivity contribution in [1.82, 2.24) is 111 Å². The summed E-state index contributed by atoms with van der Waals surface area (Å²) in [7, 11) is 0. The molecule has 3 aliphatic carbocycles. The first-order chi connectivity index (χ1) is 52.3. The van der Waals surface area contributed by atoms with Crippen LogP contribution in [0.2, 0.25) is 0 Å². The first kappa shape index (κ1) is 73.7. The second-order valence-corrected chi connectivity index (χ2v) is 28.4. The number of hydrogen-bond donors (Lipinski definition) is 7. The maximum Gasteiger partial charge on any atom is 0.245 e. The van der Waals surface area contributed by atoms with Gasteiger partial charge in [-0.15, -0.1) is 0 Å². The highest BCUT2D eigenvalue weighted by atomic mass is 16.5. The number of fused-ring (bicyclic) bond motifs is 7. The minimum atomic E-state index is 0.519. The standard InChI is InChI=1S/C14H19N3.C14H13N3.C12H15N3.C12H17N3.C11H13N3O.C10H8N4O.C9H11N3O/c2*1-10-14-12(17-16-10)7-8-15-13(14)9-11-5-3-2-4-6-11;1-8-11-10(15-14-8)6-7-13-12(11)9-4-2-3-5-9;1-8(2)4-5-10-12-9(3)14-15-11(12)6-7-13-10;1-7-10-9(14-13-7)4-5-12-11(10)15-6-8-2-3-8;1-6-8-7(14-13-6)2-3-11-9(8)10-12-4-5-15-10;1-3-13-9-8-6(2)11-12-7(8)4-5-10-9/h7-8,11H,2-6,9H2,1H3,(H,16,17);2-8H,9H2,1H3,(H,16,17);6-7,9H,2-5H2,1H3,(H,14,15);6-8H,4-5H2,1-3H3,(H,14,15);4-5,8H,2-3,6H2,1H3,(H,13,14);2-5H,1H3,(H,13,14);4-5H,3H2,1-2H3,(H,11,12). The zero-order valence-electron chi connectivity index (χ0n) is 62.9. The van der Waals surface area contributed by atoms with Crippen molar-refractivity contribution in [2.24, 2.45) is 17.8 Å². The monoisotopic (exact) mass is 1440 g/mol. The van der Waals surface area contributed by atoms with Crippen LogP contribution in [0.4, 0.5) is 0 Å². The van der Waals surface area contributed by atoms with E-state index in [0.717, 1.165) is 149 Å². The summed E-state index contributed by atoms with van der Waals surface area (Å²) in [5.74, 6) is 4.84. The third kappa shape index (κ3) is 18.0. The Hall–Kier alpha value is -11.6. The second kappa shape index (κ2) is 35.0. The quantitative estimate of drug-likeness (QED) is 0.0532. The van der Waals surface area contributed by atoms with Gasteiger partial charge in [0.15, 0.2) is 0 Å². The Morgan fingerprint density at radius 1 is 0.402 bits per heavy atom. The topological polar surface area (TPSA) is 335 Å². The lowest BCUT2D eigenvalue weighted by Gasteiger charge is -2.21. The van der Waals surface area contributed by atoms with Crippen molar-refractivity contribution in [3.63, 3.8) is 0 Å². The van der Waals surface area contributed by atoms with Crippen LogP contribution in [0.1, 0.15) is 172 Å². The molecule has 25 nitrogen and oxygen atoms in total. The van der Waals surface area contributed by atoms with Crippen molar-refractivity contribution in [3.05, 3.63) is 197 Å². The Morgan fingerprint density at radius 3 is 1.36 bits per heavy atom. The Kier molecular flexibility index (Phi) is 24.1. The number of benzene rings is 1. The number of aromatic amines is 7. The molecule has 15 aromatic heterocycles. The van der Waals surface area contributed by atoms with E-state index in [0.29, 0.717) is 36.1 Å². The number of H-pyrrole nitrogens is 7. The predicted octanol–water partition coefficient (Wildman–Crippen LogP) is 17.7. The van der Waals surface area contributed by atoms with Crippen molar-refractivity contribution in [1.29, 1.82) is 0 Å². The largest absolute Gasteiger partial charge is 0.477 e. The molecule has 0 bridgehead atoms. The molecule has 3 aliphatic rings. The highest BCUT2D eigenvalue weighted by molar-refractivity contribution is 5.92. The van der Waals surface area contributed by atoms with Crippen LogP contribution in [0, 0.1) is 66.2 Å². The van der Waals surface area contributed by atoms with Crippen molar-refractivity contribution >= 4 is 76.3 Å². The molecular weight excluding hydrogens is 1340 g/mol. The molecule has 107 heavy (non-hydrogen) atoms. The summed E-state index contributed by atoms with van der Waals surface area (Å²) in [5.41, 5.74) is 21.1. The van der Waals surface area contributed by atoms with E-state index >= 15 is 0 Å². The molecule has 0 saturated heterocycles. The van der Waals surface area contributed by atoms with E-state index in [9.17, 15) is 0 Å². The van der Waals surface area contributed by atoms with Gasteiger partial charge in [-0.3, -0.25) is 60.6 Å². The summed E-state index contributed by atoms with van der Waals surface area (Å²) < 4.78 is 16.3. The fourth-order valence-electron chi connectivity index (χ4n) is 14.2. The SMILES string of the molecule is CCOc1nccc2n[nH]c(C)c12.Cc1[nH]nc2ccnc(-c3ncco3)c12.Cc1[nH]nc2ccnc(C3CCCC3)c12.Cc1[nH]nc2ccnc(CC3CCCCC3)c12.Cc1[nH]nc2ccnc(CCC(C)C)c12.Cc1[nH]nc2ccnc(Cc3ccccc3)c12.Cc1[nH]nc2ccnc(OCC3CC3)c12. The zero-order valence-corrected chi connectivity index (χ0v) is 62.9. The molecule has 0 spiro atoms. The van der Waals surface area contributed by atoms with Gasteiger partial charge in [0.25, 0.3) is 0 Å². The van der Waals surface area contributed by atoms with Gasteiger partial charge < -0.3 is 13.9 Å². The number of oxazole rings is 1. The van der Waals surface area contributed by atoms with Crippen LogP contribution in [-0.4, -0.2) is 124 Å². The summed E-state index contributed by atoms with van der Waals surface area (Å²) in [6.45, 7) is 22.0. The molecule has 1 aromatic carbocycles. The minimum Gasteiger partial charge on any atom is -0.477 e. The van der Waals surface area contributed by atoms with Crippen molar-refractivity contribution in [3.8, 4) is 23.3 Å². The van der Waals surface area contributed by atoms with E-state index < -0.39 is 0 Å². The van der Waals surface area contributed by atoms with Gasteiger partial charge >= 0.3 is 0 Å². The Bertz CT molecular complexity index is 5410. The molecular formula is C82H96N22O3. The van der Waals surface area contributed by atoms with Gasteiger partial charge in [0.1, 0.15) is 12.0 Å². The molecule has 25 heteroatoms. The molecule has 3 saturated carbocycles. The second-order valence-electron chi connectivity index (χ2n) is 28.4. The molecule has 15 heterocycles. The Balaban J connectivity index is 0.000000110. The van der Waals surface area contributed by atoms with Gasteiger partial charge in [0.2, 0.25) is 17.7 Å². The lowest BCUT2D eigenvalue weighted by molar-refractivity contribution is 0.292. The number of aromatic nitrogens is 22. The van der Waals surface area contributed by atoms with E-state index in [1.165, 1.54) is 122 Å². The minimum absolute atomic E-state index is 0.519. The highest BCUT2D eigenvalue weighted by Crippen LogP contribution is 2.38. The number of nitrogens with one attached hydrogen (secondary N) is 7. The molecule has 0 amide bonds. The van der Waals surface area contributed by atoms with Gasteiger partial charge in [-0.05, 0) is 166 Å². The molecule has 0 radical (unpaired) electrons. The van der Waals surface area contributed by atoms with Crippen LogP contribution in [0.5, 0.6) is 11.8 Å². The molecule has 0 aliphatic heterocycles.